The lowest BCUT2D eigenvalue weighted by molar-refractivity contribution is -0.128. The molecule has 1 heterocycles. The fraction of sp³-hybridized carbons (Fsp3) is 0.500. The summed E-state index contributed by atoms with van der Waals surface area (Å²) >= 11 is 0. The second kappa shape index (κ2) is 7.88. The highest BCUT2D eigenvalue weighted by molar-refractivity contribution is 5.85. The van der Waals surface area contributed by atoms with E-state index in [4.69, 9.17) is 5.11 Å². The van der Waals surface area contributed by atoms with Crippen LogP contribution < -0.4 is 10.6 Å². The zero-order chi connectivity index (χ0) is 15.8. The second-order valence-corrected chi connectivity index (χ2v) is 4.32. The van der Waals surface area contributed by atoms with Crippen molar-refractivity contribution in [3.05, 3.63) is 18.2 Å². The highest BCUT2D eigenvalue weighted by Crippen LogP contribution is 1.95. The van der Waals surface area contributed by atoms with Gasteiger partial charge < -0.3 is 25.2 Å². The number of nitrogens with one attached hydrogen (secondary N) is 2. The zero-order valence-electron chi connectivity index (χ0n) is 12.0. The molecule has 9 nitrogen and oxygen atoms in total. The number of carbonyl (C=O) groups excluding carboxylic acids is 2. The van der Waals surface area contributed by atoms with E-state index in [-0.39, 0.29) is 18.1 Å². The highest BCUT2D eigenvalue weighted by Gasteiger charge is 2.09. The first kappa shape index (κ1) is 16.5. The molecule has 0 radical (unpaired) electrons. The Morgan fingerprint density at radius 1 is 1.38 bits per heavy atom. The molecule has 0 aliphatic carbocycles. The molecule has 9 heteroatoms. The van der Waals surface area contributed by atoms with Gasteiger partial charge in [0.1, 0.15) is 0 Å². The van der Waals surface area contributed by atoms with Gasteiger partial charge in [-0.15, -0.1) is 0 Å². The number of hydrogen-bond donors (Lipinski definition) is 3. The summed E-state index contributed by atoms with van der Waals surface area (Å²) in [6.07, 6.45) is 2.75. The molecular weight excluding hydrogens is 278 g/mol. The van der Waals surface area contributed by atoms with Crippen molar-refractivity contribution < 1.29 is 19.5 Å². The van der Waals surface area contributed by atoms with Gasteiger partial charge in [0, 0.05) is 32.9 Å². The Morgan fingerprint density at radius 2 is 2.10 bits per heavy atom. The number of aromatic carboxylic acids is 1. The first-order valence-electron chi connectivity index (χ1n) is 6.44. The molecule has 1 aromatic rings. The molecule has 0 bridgehead atoms. The van der Waals surface area contributed by atoms with Crippen LogP contribution >= 0.6 is 0 Å². The van der Waals surface area contributed by atoms with Crippen molar-refractivity contribution in [3.63, 3.8) is 0 Å². The summed E-state index contributed by atoms with van der Waals surface area (Å²) in [6, 6.07) is -0.452. The van der Waals surface area contributed by atoms with Crippen LogP contribution in [0.3, 0.4) is 0 Å². The van der Waals surface area contributed by atoms with Gasteiger partial charge >= 0.3 is 12.0 Å². The molecular formula is C12H19N5O4. The quantitative estimate of drug-likeness (QED) is 0.619. The normalized spacial score (nSPS) is 10.0. The van der Waals surface area contributed by atoms with Crippen LogP contribution in [0.5, 0.6) is 0 Å². The third-order valence-corrected chi connectivity index (χ3v) is 2.81. The zero-order valence-corrected chi connectivity index (χ0v) is 12.0. The van der Waals surface area contributed by atoms with Gasteiger partial charge in [-0.2, -0.15) is 0 Å². The van der Waals surface area contributed by atoms with Gasteiger partial charge in [0.2, 0.25) is 5.91 Å². The number of carbonyl (C=O) groups is 3. The number of nitrogens with zero attached hydrogens (tertiary/aromatic N) is 3. The number of carboxylic acid groups (broad SMARTS) is 1. The van der Waals surface area contributed by atoms with E-state index < -0.39 is 12.0 Å². The Labute approximate surface area is 121 Å². The maximum atomic E-state index is 11.5. The van der Waals surface area contributed by atoms with Crippen molar-refractivity contribution in [2.45, 2.75) is 13.5 Å². The van der Waals surface area contributed by atoms with E-state index in [1.54, 1.807) is 11.6 Å². The Balaban J connectivity index is 2.24. The van der Waals surface area contributed by atoms with Crippen LogP contribution in [0.25, 0.3) is 0 Å². The summed E-state index contributed by atoms with van der Waals surface area (Å²) in [5.41, 5.74) is -0.0485. The van der Waals surface area contributed by atoms with Gasteiger partial charge in [0.15, 0.2) is 5.69 Å². The molecule has 0 saturated carbocycles. The SMILES string of the molecule is CCN(C)C(=O)CNC(=O)NCCn1cnc(C(=O)O)c1. The molecule has 0 aliphatic rings. The Morgan fingerprint density at radius 3 is 2.67 bits per heavy atom. The molecule has 0 fully saturated rings. The van der Waals surface area contributed by atoms with Gasteiger partial charge in [0.25, 0.3) is 0 Å². The van der Waals surface area contributed by atoms with Gasteiger partial charge in [-0.05, 0) is 6.92 Å². The number of hydrogen-bond acceptors (Lipinski definition) is 4. The Bertz CT molecular complexity index is 514. The molecule has 0 unspecified atom stereocenters. The van der Waals surface area contributed by atoms with E-state index in [9.17, 15) is 14.4 Å². The maximum Gasteiger partial charge on any atom is 0.356 e. The fourth-order valence-corrected chi connectivity index (χ4v) is 1.42. The molecule has 0 aliphatic heterocycles. The van der Waals surface area contributed by atoms with E-state index in [1.807, 2.05) is 6.92 Å². The average Bonchev–Trinajstić information content (AvgIpc) is 2.93. The first-order chi connectivity index (χ1) is 9.93. The monoisotopic (exact) mass is 297 g/mol. The van der Waals surface area contributed by atoms with Crippen LogP contribution in [-0.4, -0.2) is 64.1 Å². The predicted molar refractivity (Wildman–Crippen MR) is 73.9 cm³/mol. The van der Waals surface area contributed by atoms with Crippen molar-refractivity contribution in [2.75, 3.05) is 26.7 Å². The number of urea groups is 1. The molecule has 116 valence electrons. The fourth-order valence-electron chi connectivity index (χ4n) is 1.42. The smallest absolute Gasteiger partial charge is 0.356 e. The van der Waals surface area contributed by atoms with Crippen molar-refractivity contribution in [3.8, 4) is 0 Å². The van der Waals surface area contributed by atoms with E-state index >= 15 is 0 Å². The minimum atomic E-state index is -1.10. The molecule has 1 rings (SSSR count). The lowest BCUT2D eigenvalue weighted by Crippen LogP contribution is -2.43. The van der Waals surface area contributed by atoms with Crippen LogP contribution in [0.4, 0.5) is 4.79 Å². The van der Waals surface area contributed by atoms with Crippen LogP contribution in [0.1, 0.15) is 17.4 Å². The predicted octanol–water partition coefficient (Wildman–Crippen LogP) is -0.641. The number of carboxylic acids is 1. The summed E-state index contributed by atoms with van der Waals surface area (Å²) < 4.78 is 1.56. The minimum absolute atomic E-state index is 0.0485. The van der Waals surface area contributed by atoms with Gasteiger partial charge in [-0.3, -0.25) is 4.79 Å². The molecule has 21 heavy (non-hydrogen) atoms. The summed E-state index contributed by atoms with van der Waals surface area (Å²) in [7, 11) is 1.65. The van der Waals surface area contributed by atoms with Crippen molar-refractivity contribution >= 4 is 17.9 Å². The Kier molecular flexibility index (Phi) is 6.18. The lowest BCUT2D eigenvalue weighted by atomic mass is 10.5. The molecule has 0 saturated heterocycles. The molecule has 1 aromatic heterocycles. The van der Waals surface area contributed by atoms with Crippen LogP contribution in [0, 0.1) is 0 Å². The highest BCUT2D eigenvalue weighted by atomic mass is 16.4. The van der Waals surface area contributed by atoms with Gasteiger partial charge in [-0.1, -0.05) is 0 Å². The van der Waals surface area contributed by atoms with Crippen LogP contribution in [0.15, 0.2) is 12.5 Å². The first-order valence-corrected chi connectivity index (χ1v) is 6.44. The molecule has 0 aromatic carbocycles. The second-order valence-electron chi connectivity index (χ2n) is 4.32. The number of imidazole rings is 1. The molecule has 0 spiro atoms. The van der Waals surface area contributed by atoms with E-state index in [1.165, 1.54) is 17.4 Å². The van der Waals surface area contributed by atoms with E-state index in [2.05, 4.69) is 15.6 Å². The summed E-state index contributed by atoms with van der Waals surface area (Å²) in [5, 5.41) is 13.7. The maximum absolute atomic E-state index is 11.5. The van der Waals surface area contributed by atoms with Crippen LogP contribution in [-0.2, 0) is 11.3 Å². The number of rotatable bonds is 7. The van der Waals surface area contributed by atoms with Gasteiger partial charge in [-0.25, -0.2) is 14.6 Å². The Hall–Kier alpha value is -2.58. The largest absolute Gasteiger partial charge is 0.476 e. The van der Waals surface area contributed by atoms with E-state index in [0.29, 0.717) is 19.6 Å². The van der Waals surface area contributed by atoms with Crippen molar-refractivity contribution in [2.24, 2.45) is 0 Å². The molecule has 3 N–H and O–H groups in total. The summed E-state index contributed by atoms with van der Waals surface area (Å²) in [6.45, 7) is 3.03. The van der Waals surface area contributed by atoms with Crippen LogP contribution in [0.2, 0.25) is 0 Å². The van der Waals surface area contributed by atoms with Crippen molar-refractivity contribution in [1.29, 1.82) is 0 Å². The van der Waals surface area contributed by atoms with E-state index in [0.717, 1.165) is 0 Å². The molecule has 3 amide bonds. The third kappa shape index (κ3) is 5.51. The lowest BCUT2D eigenvalue weighted by Gasteiger charge is -2.15. The minimum Gasteiger partial charge on any atom is -0.476 e. The van der Waals surface area contributed by atoms with Crippen molar-refractivity contribution in [1.82, 2.24) is 25.1 Å². The summed E-state index contributed by atoms with van der Waals surface area (Å²) in [5.74, 6) is -1.27. The third-order valence-electron chi connectivity index (χ3n) is 2.81. The standard InChI is InChI=1S/C12H19N5O4/c1-3-16(2)10(18)6-14-12(21)13-4-5-17-7-9(11(19)20)15-8-17/h7-8H,3-6H2,1-2H3,(H,19,20)(H2,13,14,21). The average molecular weight is 297 g/mol. The topological polar surface area (TPSA) is 117 Å². The number of likely N-dealkylation sites (N-methyl/N-ethyl adjacent to an activating group) is 1. The molecule has 0 atom stereocenters. The summed E-state index contributed by atoms with van der Waals surface area (Å²) in [4.78, 5) is 38.7. The van der Waals surface area contributed by atoms with Gasteiger partial charge in [0.05, 0.1) is 12.9 Å². The number of amides is 3. The number of aromatic nitrogens is 2.